The summed E-state index contributed by atoms with van der Waals surface area (Å²) < 4.78 is 24.1. The van der Waals surface area contributed by atoms with Gasteiger partial charge in [0, 0.05) is 20.2 Å². The van der Waals surface area contributed by atoms with E-state index >= 15 is 0 Å². The maximum atomic E-state index is 13.1. The van der Waals surface area contributed by atoms with Crippen molar-refractivity contribution >= 4 is 5.96 Å². The first-order valence-electron chi connectivity index (χ1n) is 8.26. The Balaban J connectivity index is 1.99. The van der Waals surface area contributed by atoms with Gasteiger partial charge in [-0.05, 0) is 38.5 Å². The van der Waals surface area contributed by atoms with E-state index in [0.717, 1.165) is 23.6 Å². The number of ether oxygens (including phenoxy) is 1. The van der Waals surface area contributed by atoms with Gasteiger partial charge in [0.1, 0.15) is 18.1 Å². The molecule has 7 heteroatoms. The van der Waals surface area contributed by atoms with Crippen LogP contribution in [0.3, 0.4) is 0 Å². The van der Waals surface area contributed by atoms with Crippen molar-refractivity contribution in [2.75, 3.05) is 20.2 Å². The van der Waals surface area contributed by atoms with E-state index in [4.69, 9.17) is 9.15 Å². The van der Waals surface area contributed by atoms with Gasteiger partial charge in [0.05, 0.1) is 11.8 Å². The third-order valence-corrected chi connectivity index (χ3v) is 3.77. The molecule has 0 aliphatic carbocycles. The molecule has 1 heterocycles. The number of nitrogens with one attached hydrogen (secondary N) is 2. The number of benzene rings is 1. The maximum absolute atomic E-state index is 13.1. The fourth-order valence-corrected chi connectivity index (χ4v) is 2.30. The lowest BCUT2D eigenvalue weighted by molar-refractivity contribution is 0.106. The highest BCUT2D eigenvalue weighted by Crippen LogP contribution is 2.16. The Morgan fingerprint density at radius 1 is 1.28 bits per heavy atom. The molecule has 0 bridgehead atoms. The maximum Gasteiger partial charge on any atom is 0.216 e. The van der Waals surface area contributed by atoms with Crippen LogP contribution in [0.15, 0.2) is 33.7 Å². The van der Waals surface area contributed by atoms with Crippen LogP contribution >= 0.6 is 0 Å². The normalized spacial score (nSPS) is 12.9. The number of nitrogens with zero attached hydrogens (tertiary/aromatic N) is 2. The monoisotopic (exact) mass is 348 g/mol. The van der Waals surface area contributed by atoms with Crippen molar-refractivity contribution in [1.29, 1.82) is 0 Å². The molecule has 2 aromatic rings. The fraction of sp³-hybridized carbons (Fsp3) is 0.444. The minimum Gasteiger partial charge on any atom is -0.444 e. The van der Waals surface area contributed by atoms with Gasteiger partial charge in [0.2, 0.25) is 5.89 Å². The second kappa shape index (κ2) is 9.17. The molecular formula is C18H25FN4O2. The molecular weight excluding hydrogens is 323 g/mol. The van der Waals surface area contributed by atoms with E-state index in [1.54, 1.807) is 19.2 Å². The third kappa shape index (κ3) is 5.56. The zero-order chi connectivity index (χ0) is 18.2. The second-order valence-corrected chi connectivity index (χ2v) is 5.60. The van der Waals surface area contributed by atoms with Crippen LogP contribution in [0.2, 0.25) is 0 Å². The molecule has 0 spiro atoms. The van der Waals surface area contributed by atoms with E-state index < -0.39 is 0 Å². The smallest absolute Gasteiger partial charge is 0.216 e. The van der Waals surface area contributed by atoms with E-state index in [1.807, 2.05) is 20.8 Å². The number of aryl methyl sites for hydroxylation is 2. The first-order valence-corrected chi connectivity index (χ1v) is 8.26. The van der Waals surface area contributed by atoms with Crippen molar-refractivity contribution in [2.24, 2.45) is 4.99 Å². The third-order valence-electron chi connectivity index (χ3n) is 3.77. The molecule has 0 aliphatic heterocycles. The zero-order valence-corrected chi connectivity index (χ0v) is 15.1. The van der Waals surface area contributed by atoms with Crippen molar-refractivity contribution in [3.8, 4) is 0 Å². The summed E-state index contributed by atoms with van der Waals surface area (Å²) in [6.07, 6.45) is -0.212. The highest BCUT2D eigenvalue weighted by molar-refractivity contribution is 5.79. The van der Waals surface area contributed by atoms with Gasteiger partial charge in [0.15, 0.2) is 5.96 Å². The molecule has 0 amide bonds. The summed E-state index contributed by atoms with van der Waals surface area (Å²) in [6.45, 7) is 7.34. The average molecular weight is 348 g/mol. The second-order valence-electron chi connectivity index (χ2n) is 5.60. The summed E-state index contributed by atoms with van der Waals surface area (Å²) >= 11 is 0. The zero-order valence-electron chi connectivity index (χ0n) is 15.1. The summed E-state index contributed by atoms with van der Waals surface area (Å²) in [7, 11) is 1.62. The summed E-state index contributed by atoms with van der Waals surface area (Å²) in [5.74, 6) is 1.76. The largest absolute Gasteiger partial charge is 0.444 e. The Hall–Kier alpha value is -2.41. The SMILES string of the molecule is CCNC(=NCc1nc(C)c(C)o1)NCC(OC)c1ccc(F)cc1. The van der Waals surface area contributed by atoms with Crippen LogP contribution in [0.5, 0.6) is 0 Å². The molecule has 1 atom stereocenters. The van der Waals surface area contributed by atoms with Crippen molar-refractivity contribution < 1.29 is 13.5 Å². The predicted octanol–water partition coefficient (Wildman–Crippen LogP) is 2.87. The highest BCUT2D eigenvalue weighted by Gasteiger charge is 2.12. The van der Waals surface area contributed by atoms with Crippen LogP contribution in [0.25, 0.3) is 0 Å². The quantitative estimate of drug-likeness (QED) is 0.595. The highest BCUT2D eigenvalue weighted by atomic mass is 19.1. The molecule has 1 unspecified atom stereocenters. The molecule has 6 nitrogen and oxygen atoms in total. The van der Waals surface area contributed by atoms with Gasteiger partial charge in [-0.25, -0.2) is 14.4 Å². The number of methoxy groups -OCH3 is 1. The minimum atomic E-state index is -0.266. The molecule has 1 aromatic carbocycles. The summed E-state index contributed by atoms with van der Waals surface area (Å²) in [5.41, 5.74) is 1.77. The van der Waals surface area contributed by atoms with E-state index in [0.29, 0.717) is 24.9 Å². The van der Waals surface area contributed by atoms with E-state index in [-0.39, 0.29) is 11.9 Å². The first-order chi connectivity index (χ1) is 12.0. The average Bonchev–Trinajstić information content (AvgIpc) is 2.92. The fourth-order valence-electron chi connectivity index (χ4n) is 2.30. The lowest BCUT2D eigenvalue weighted by Gasteiger charge is -2.18. The Bertz CT molecular complexity index is 678. The van der Waals surface area contributed by atoms with E-state index in [2.05, 4.69) is 20.6 Å². The molecule has 0 saturated carbocycles. The van der Waals surface area contributed by atoms with Crippen LogP contribution in [0.4, 0.5) is 4.39 Å². The molecule has 0 saturated heterocycles. The van der Waals surface area contributed by atoms with Gasteiger partial charge < -0.3 is 19.8 Å². The topological polar surface area (TPSA) is 71.7 Å². The van der Waals surface area contributed by atoms with Crippen LogP contribution in [-0.2, 0) is 11.3 Å². The van der Waals surface area contributed by atoms with Gasteiger partial charge in [0.25, 0.3) is 0 Å². The van der Waals surface area contributed by atoms with Crippen LogP contribution in [0, 0.1) is 19.7 Å². The van der Waals surface area contributed by atoms with Crippen LogP contribution < -0.4 is 10.6 Å². The van der Waals surface area contributed by atoms with Crippen molar-refractivity contribution in [1.82, 2.24) is 15.6 Å². The molecule has 136 valence electrons. The van der Waals surface area contributed by atoms with Gasteiger partial charge in [-0.3, -0.25) is 0 Å². The first kappa shape index (κ1) is 18.9. The number of halogens is 1. The standard InChI is InChI=1S/C18H25FN4O2/c1-5-20-18(22-11-17-23-12(2)13(3)25-17)21-10-16(24-4)14-6-8-15(19)9-7-14/h6-9,16H,5,10-11H2,1-4H3,(H2,20,21,22). The number of aromatic nitrogens is 1. The van der Waals surface area contributed by atoms with Crippen molar-refractivity contribution in [3.63, 3.8) is 0 Å². The van der Waals surface area contributed by atoms with Crippen molar-refractivity contribution in [3.05, 3.63) is 53.0 Å². The number of oxazole rings is 1. The van der Waals surface area contributed by atoms with Gasteiger partial charge >= 0.3 is 0 Å². The molecule has 1 aromatic heterocycles. The van der Waals surface area contributed by atoms with Crippen LogP contribution in [0.1, 0.15) is 35.9 Å². The number of hydrogen-bond acceptors (Lipinski definition) is 4. The minimum absolute atomic E-state index is 0.212. The Morgan fingerprint density at radius 3 is 2.56 bits per heavy atom. The Labute approximate surface area is 147 Å². The molecule has 0 radical (unpaired) electrons. The summed E-state index contributed by atoms with van der Waals surface area (Å²) in [5, 5.41) is 6.40. The summed E-state index contributed by atoms with van der Waals surface area (Å²) in [6, 6.07) is 6.28. The predicted molar refractivity (Wildman–Crippen MR) is 94.9 cm³/mol. The molecule has 2 N–H and O–H groups in total. The summed E-state index contributed by atoms with van der Waals surface area (Å²) in [4.78, 5) is 8.79. The molecule has 0 aliphatic rings. The number of rotatable bonds is 7. The lowest BCUT2D eigenvalue weighted by Crippen LogP contribution is -2.39. The Morgan fingerprint density at radius 2 is 2.00 bits per heavy atom. The molecule has 2 rings (SSSR count). The number of hydrogen-bond donors (Lipinski definition) is 2. The molecule has 0 fully saturated rings. The number of guanidine groups is 1. The molecule has 25 heavy (non-hydrogen) atoms. The lowest BCUT2D eigenvalue weighted by atomic mass is 10.1. The van der Waals surface area contributed by atoms with E-state index in [1.165, 1.54) is 12.1 Å². The van der Waals surface area contributed by atoms with Gasteiger partial charge in [-0.15, -0.1) is 0 Å². The van der Waals surface area contributed by atoms with Crippen LogP contribution in [-0.4, -0.2) is 31.1 Å². The number of aliphatic imine (C=N–C) groups is 1. The van der Waals surface area contributed by atoms with E-state index in [9.17, 15) is 4.39 Å². The van der Waals surface area contributed by atoms with Gasteiger partial charge in [-0.2, -0.15) is 0 Å². The Kier molecular flexibility index (Phi) is 6.94. The van der Waals surface area contributed by atoms with Gasteiger partial charge in [-0.1, -0.05) is 12.1 Å². The van der Waals surface area contributed by atoms with Crippen molar-refractivity contribution in [2.45, 2.75) is 33.4 Å².